The summed E-state index contributed by atoms with van der Waals surface area (Å²) in [5, 5.41) is 29.4. The summed E-state index contributed by atoms with van der Waals surface area (Å²) in [6.45, 7) is 4.07. The Kier molecular flexibility index (Phi) is 11.6. The van der Waals surface area contributed by atoms with Crippen LogP contribution in [-0.2, 0) is 37.4 Å². The van der Waals surface area contributed by atoms with E-state index in [1.165, 1.54) is 0 Å². The first-order chi connectivity index (χ1) is 25.3. The van der Waals surface area contributed by atoms with Crippen LogP contribution in [0.4, 0.5) is 5.13 Å². The summed E-state index contributed by atoms with van der Waals surface area (Å²) in [7, 11) is -4.20. The second-order valence-electron chi connectivity index (χ2n) is 12.3. The van der Waals surface area contributed by atoms with E-state index >= 15 is 0 Å². The molecule has 0 radical (unpaired) electrons. The average molecular weight is 721 g/mol. The van der Waals surface area contributed by atoms with Gasteiger partial charge in [-0.05, 0) is 36.6 Å². The Hall–Kier alpha value is -2.66. The van der Waals surface area contributed by atoms with Crippen molar-refractivity contribution in [2.75, 3.05) is 32.0 Å². The van der Waals surface area contributed by atoms with E-state index in [9.17, 15) is 28.2 Å². The summed E-state index contributed by atoms with van der Waals surface area (Å²) in [4.78, 5) is 32.6. The second kappa shape index (κ2) is 18.4. The minimum atomic E-state index is -4.20. The van der Waals surface area contributed by atoms with Gasteiger partial charge in [0.1, 0.15) is 18.2 Å². The van der Waals surface area contributed by atoms with Crippen molar-refractivity contribution in [2.45, 2.75) is 102 Å². The number of nitrogens with two attached hydrogens (primary N) is 1. The first-order valence-electron chi connectivity index (χ1n) is 19.4. The molecule has 1 aromatic carbocycles. The maximum atomic E-state index is 14.3. The molecule has 0 bridgehead atoms. The number of hydrogen-bond acceptors (Lipinski definition) is 10. The molecule has 2 aromatic rings. The van der Waals surface area contributed by atoms with Crippen LogP contribution in [0.2, 0.25) is 0 Å². The van der Waals surface area contributed by atoms with Crippen LogP contribution in [0.5, 0.6) is 0 Å². The van der Waals surface area contributed by atoms with Crippen molar-refractivity contribution in [1.29, 1.82) is 0 Å². The van der Waals surface area contributed by atoms with Crippen LogP contribution in [-0.4, -0.2) is 96.4 Å². The van der Waals surface area contributed by atoms with Crippen LogP contribution < -0.4 is 21.1 Å². The monoisotopic (exact) mass is 720 g/mol. The molecule has 2 amide bonds. The Morgan fingerprint density at radius 1 is 1.08 bits per heavy atom. The summed E-state index contributed by atoms with van der Waals surface area (Å²) in [5.41, 5.74) is 6.77. The van der Waals surface area contributed by atoms with Gasteiger partial charge >= 0.3 is 0 Å². The van der Waals surface area contributed by atoms with Crippen LogP contribution in [0.15, 0.2) is 35.7 Å². The second-order valence-corrected chi connectivity index (χ2v) is 14.9. The number of anilines is 1. The topological polar surface area (TPSA) is 196 Å². The minimum absolute atomic E-state index is 0.0673. The van der Waals surface area contributed by atoms with E-state index in [0.717, 1.165) is 15.6 Å². The van der Waals surface area contributed by atoms with Crippen LogP contribution in [0.1, 0.15) is 78.2 Å². The fraction of sp³-hybridized carbons (Fsp3) is 0.667. The zero-order valence-corrected chi connectivity index (χ0v) is 28.8. The maximum Gasteiger partial charge on any atom is 0.280 e. The number of aliphatic hydroxyl groups is 2. The zero-order chi connectivity index (χ0) is 40.0. The van der Waals surface area contributed by atoms with Gasteiger partial charge in [-0.1, -0.05) is 76.2 Å². The van der Waals surface area contributed by atoms with Crippen molar-refractivity contribution in [3.8, 4) is 0 Å². The molecule has 0 spiro atoms. The van der Waals surface area contributed by atoms with Crippen molar-refractivity contribution in [3.63, 3.8) is 0 Å². The van der Waals surface area contributed by atoms with Crippen LogP contribution in [0.3, 0.4) is 0 Å². The molecular formula is C33H52N6O7S2. The van der Waals surface area contributed by atoms with Gasteiger partial charge in [0.25, 0.3) is 10.2 Å². The highest BCUT2D eigenvalue weighted by molar-refractivity contribution is 7.87. The Labute approximate surface area is 296 Å². The third kappa shape index (κ3) is 11.7. The number of aliphatic hydroxyl groups excluding tert-OH is 2. The van der Waals surface area contributed by atoms with E-state index in [4.69, 9.17) is 18.7 Å². The van der Waals surface area contributed by atoms with Gasteiger partial charge in [0.15, 0.2) is 5.13 Å². The number of ether oxygens (including phenoxy) is 1. The van der Waals surface area contributed by atoms with Crippen LogP contribution >= 0.6 is 11.3 Å². The summed E-state index contributed by atoms with van der Waals surface area (Å²) >= 11 is 1.09. The summed E-state index contributed by atoms with van der Waals surface area (Å²) < 4.78 is 87.0. The molecule has 1 aromatic heterocycles. The third-order valence-electron chi connectivity index (χ3n) is 7.96. The molecule has 1 saturated heterocycles. The van der Waals surface area contributed by atoms with Gasteiger partial charge in [-0.15, -0.1) is 11.3 Å². The first kappa shape index (κ1) is 30.2. The quantitative estimate of drug-likeness (QED) is 0.141. The smallest absolute Gasteiger partial charge is 0.280 e. The fourth-order valence-corrected chi connectivity index (χ4v) is 7.39. The highest BCUT2D eigenvalue weighted by Gasteiger charge is 2.36. The largest absolute Gasteiger partial charge is 0.390 e. The van der Waals surface area contributed by atoms with Crippen LogP contribution in [0.25, 0.3) is 0 Å². The van der Waals surface area contributed by atoms with Crippen molar-refractivity contribution >= 4 is 38.5 Å². The SMILES string of the molecule is [3H]C1C([3H])C([3H])C([3H])(C[C@H](NC(=O)[C@H](Cc2csc(N)n2)NC(=O)[C@H](Cc2ccccc2)NS(=O)(=O)N2CCOCC2)[C@@H](O)[C@@H](O)CC(C)C)C([3H])C1[3H]. The van der Waals surface area contributed by atoms with E-state index in [0.29, 0.717) is 11.3 Å². The number of nitrogens with one attached hydrogen (secondary N) is 3. The van der Waals surface area contributed by atoms with Gasteiger partial charge in [0.2, 0.25) is 11.8 Å². The molecule has 2 aliphatic rings. The number of aromatic nitrogens is 1. The van der Waals surface area contributed by atoms with Gasteiger partial charge in [-0.2, -0.15) is 17.4 Å². The van der Waals surface area contributed by atoms with E-state index in [1.807, 2.05) is 0 Å². The third-order valence-corrected chi connectivity index (χ3v) is 10.3. The number of nitrogens with zero attached hydrogens (tertiary/aromatic N) is 2. The van der Waals surface area contributed by atoms with Crippen molar-refractivity contribution in [3.05, 3.63) is 47.0 Å². The summed E-state index contributed by atoms with van der Waals surface area (Å²) in [6.07, 6.45) is -11.9. The first-order valence-corrected chi connectivity index (χ1v) is 18.3. The lowest BCUT2D eigenvalue weighted by Crippen LogP contribution is -2.59. The molecule has 48 heavy (non-hydrogen) atoms. The molecule has 9 atom stereocenters. The number of rotatable bonds is 17. The van der Waals surface area contributed by atoms with E-state index in [-0.39, 0.29) is 56.6 Å². The molecule has 268 valence electrons. The van der Waals surface area contributed by atoms with Gasteiger partial charge in [-0.3, -0.25) is 9.59 Å². The van der Waals surface area contributed by atoms with E-state index in [2.05, 4.69) is 20.3 Å². The highest BCUT2D eigenvalue weighted by Crippen LogP contribution is 2.29. The zero-order valence-electron chi connectivity index (χ0n) is 33.2. The Bertz CT molecular complexity index is 1630. The molecule has 7 N–H and O–H groups in total. The van der Waals surface area contributed by atoms with Crippen molar-refractivity contribution in [1.82, 2.24) is 24.6 Å². The summed E-state index contributed by atoms with van der Waals surface area (Å²) in [6, 6.07) is 4.27. The Balaban J connectivity index is 1.67. The lowest BCUT2D eigenvalue weighted by Gasteiger charge is -2.34. The molecule has 13 nitrogen and oxygen atoms in total. The van der Waals surface area contributed by atoms with Gasteiger partial charge in [0, 0.05) is 33.1 Å². The molecule has 4 unspecified atom stereocenters. The number of carbonyl (C=O) groups excluding carboxylic acids is 2. The molecule has 1 aliphatic carbocycles. The molecule has 1 saturated carbocycles. The normalized spacial score (nSPS) is 31.8. The molecule has 4 rings (SSSR count). The minimum Gasteiger partial charge on any atom is -0.390 e. The lowest BCUT2D eigenvalue weighted by molar-refractivity contribution is -0.131. The molecular weight excluding hydrogens is 657 g/mol. The van der Waals surface area contributed by atoms with E-state index in [1.54, 1.807) is 49.6 Å². The van der Waals surface area contributed by atoms with E-state index < -0.39 is 96.7 Å². The average Bonchev–Trinajstić information content (AvgIpc) is 3.55. The maximum absolute atomic E-state index is 14.3. The van der Waals surface area contributed by atoms with Crippen LogP contribution in [0, 0.1) is 11.8 Å². The highest BCUT2D eigenvalue weighted by atomic mass is 32.2. The number of amides is 2. The number of nitrogen functional groups attached to an aromatic ring is 1. The standard InChI is InChI=1S/C33H52N6O7S2/c1-22(2)17-29(40)30(41)26(18-23-9-5-3-6-10-23)36-31(42)27(20-25-21-47-33(34)35-25)37-32(43)28(19-24-11-7-4-8-12-24)38-48(44,45)39-13-15-46-16-14-39/h4,7-8,11-12,21-23,26-30,38,40-41H,3,5-6,9-10,13-20H2,1-2H3,(H2,34,35)(H,36,42)(H,37,43)/t26-,27-,28-,29-,30+/m0/s1/i3T,5T,6T,9T,10T,23T/t3?,5?,6?,9?,10?,23?,26-,27-,28-,29-,30+. The van der Waals surface area contributed by atoms with Gasteiger partial charge in [-0.25, -0.2) is 4.98 Å². The number of carbonyl (C=O) groups is 2. The number of hydrogen-bond donors (Lipinski definition) is 6. The fourth-order valence-electron chi connectivity index (χ4n) is 5.49. The number of benzene rings is 1. The number of morpholine rings is 1. The predicted octanol–water partition coefficient (Wildman–Crippen LogP) is 1.75. The molecule has 1 aliphatic heterocycles. The number of thiazole rings is 1. The van der Waals surface area contributed by atoms with Crippen molar-refractivity contribution < 1.29 is 41.2 Å². The molecule has 15 heteroatoms. The van der Waals surface area contributed by atoms with Gasteiger partial charge in [0.05, 0.1) is 31.1 Å². The Morgan fingerprint density at radius 2 is 1.75 bits per heavy atom. The molecule has 2 heterocycles. The molecule has 2 fully saturated rings. The predicted molar refractivity (Wildman–Crippen MR) is 185 cm³/mol. The summed E-state index contributed by atoms with van der Waals surface area (Å²) in [5.74, 6) is -4.11. The lowest BCUT2D eigenvalue weighted by atomic mass is 9.82. The Morgan fingerprint density at radius 3 is 2.38 bits per heavy atom. The van der Waals surface area contributed by atoms with Crippen molar-refractivity contribution in [2.24, 2.45) is 11.8 Å². The van der Waals surface area contributed by atoms with Gasteiger partial charge < -0.3 is 31.3 Å².